The van der Waals surface area contributed by atoms with Crippen molar-refractivity contribution in [3.63, 3.8) is 0 Å². The Morgan fingerprint density at radius 3 is 2.92 bits per heavy atom. The fourth-order valence-electron chi connectivity index (χ4n) is 1.97. The van der Waals surface area contributed by atoms with E-state index in [1.165, 1.54) is 17.7 Å². The lowest BCUT2D eigenvalue weighted by Crippen LogP contribution is -2.17. The van der Waals surface area contributed by atoms with Crippen LogP contribution in [0.4, 0.5) is 0 Å². The highest BCUT2D eigenvalue weighted by Crippen LogP contribution is 2.32. The van der Waals surface area contributed by atoms with Crippen LogP contribution in [0.25, 0.3) is 0 Å². The second-order valence-electron chi connectivity index (χ2n) is 3.84. The Morgan fingerprint density at radius 2 is 2.23 bits per heavy atom. The van der Waals surface area contributed by atoms with Gasteiger partial charge < -0.3 is 4.90 Å². The Hall–Kier alpha value is -0.960. The molecule has 13 heavy (non-hydrogen) atoms. The largest absolute Gasteiger partial charge is 0.302 e. The van der Waals surface area contributed by atoms with Crippen molar-refractivity contribution < 1.29 is 0 Å². The fraction of sp³-hybridized carbons (Fsp3) is 0.600. The van der Waals surface area contributed by atoms with Crippen molar-refractivity contribution >= 4 is 0 Å². The molecule has 1 aromatic heterocycles. The Kier molecular flexibility index (Phi) is 2.04. The monoisotopic (exact) mass is 177 g/mol. The highest BCUT2D eigenvalue weighted by Gasteiger charge is 2.25. The number of hydrogen-bond acceptors (Lipinski definition) is 3. The first-order chi connectivity index (χ1) is 6.18. The van der Waals surface area contributed by atoms with Gasteiger partial charge in [-0.1, -0.05) is 0 Å². The van der Waals surface area contributed by atoms with Crippen LogP contribution in [-0.4, -0.2) is 29.0 Å². The maximum atomic E-state index is 4.45. The van der Waals surface area contributed by atoms with Crippen LogP contribution >= 0.6 is 0 Å². The topological polar surface area (TPSA) is 29.0 Å². The molecule has 3 heteroatoms. The van der Waals surface area contributed by atoms with E-state index in [1.807, 2.05) is 13.1 Å². The highest BCUT2D eigenvalue weighted by molar-refractivity contribution is 5.26. The Morgan fingerprint density at radius 1 is 1.46 bits per heavy atom. The molecule has 1 aliphatic carbocycles. The summed E-state index contributed by atoms with van der Waals surface area (Å²) < 4.78 is 0. The molecule has 0 bridgehead atoms. The lowest BCUT2D eigenvalue weighted by molar-refractivity contribution is 0.298. The lowest BCUT2D eigenvalue weighted by Gasteiger charge is -2.19. The van der Waals surface area contributed by atoms with Gasteiger partial charge in [-0.25, -0.2) is 9.97 Å². The minimum atomic E-state index is 0.524. The molecule has 1 aromatic rings. The first-order valence-corrected chi connectivity index (χ1v) is 4.67. The van der Waals surface area contributed by atoms with Crippen LogP contribution in [0.15, 0.2) is 6.20 Å². The zero-order valence-corrected chi connectivity index (χ0v) is 8.41. The molecule has 3 nitrogen and oxygen atoms in total. The van der Waals surface area contributed by atoms with Crippen molar-refractivity contribution in [2.75, 3.05) is 14.1 Å². The van der Waals surface area contributed by atoms with Gasteiger partial charge in [-0.05, 0) is 33.9 Å². The summed E-state index contributed by atoms with van der Waals surface area (Å²) in [5.74, 6) is 0.887. The fourth-order valence-corrected chi connectivity index (χ4v) is 1.97. The highest BCUT2D eigenvalue weighted by atomic mass is 15.1. The average molecular weight is 177 g/mol. The average Bonchev–Trinajstić information content (AvgIpc) is 2.46. The van der Waals surface area contributed by atoms with Crippen molar-refractivity contribution in [3.05, 3.63) is 23.3 Å². The molecule has 0 radical (unpaired) electrons. The number of nitrogens with zero attached hydrogens (tertiary/aromatic N) is 3. The van der Waals surface area contributed by atoms with Crippen LogP contribution in [0, 0.1) is 6.92 Å². The molecule has 0 aromatic carbocycles. The van der Waals surface area contributed by atoms with Gasteiger partial charge in [0.1, 0.15) is 5.82 Å². The minimum Gasteiger partial charge on any atom is -0.302 e. The van der Waals surface area contributed by atoms with E-state index in [0.717, 1.165) is 12.2 Å². The van der Waals surface area contributed by atoms with Crippen molar-refractivity contribution in [2.24, 2.45) is 0 Å². The van der Waals surface area contributed by atoms with Gasteiger partial charge in [-0.15, -0.1) is 0 Å². The van der Waals surface area contributed by atoms with Crippen LogP contribution in [0.2, 0.25) is 0 Å². The van der Waals surface area contributed by atoms with Crippen LogP contribution in [0.3, 0.4) is 0 Å². The summed E-state index contributed by atoms with van der Waals surface area (Å²) in [5, 5.41) is 0. The van der Waals surface area contributed by atoms with E-state index < -0.39 is 0 Å². The van der Waals surface area contributed by atoms with Crippen molar-refractivity contribution in [1.29, 1.82) is 0 Å². The van der Waals surface area contributed by atoms with Gasteiger partial charge in [0.05, 0.1) is 0 Å². The second-order valence-corrected chi connectivity index (χ2v) is 3.84. The molecule has 0 N–H and O–H groups in total. The van der Waals surface area contributed by atoms with E-state index in [4.69, 9.17) is 0 Å². The molecule has 1 unspecified atom stereocenters. The molecule has 70 valence electrons. The van der Waals surface area contributed by atoms with Gasteiger partial charge >= 0.3 is 0 Å². The third kappa shape index (κ3) is 1.44. The SMILES string of the molecule is Cc1ncc2c(n1)CCC2N(C)C. The summed E-state index contributed by atoms with van der Waals surface area (Å²) in [6, 6.07) is 0.524. The van der Waals surface area contributed by atoms with Crippen LogP contribution in [0.1, 0.15) is 29.5 Å². The van der Waals surface area contributed by atoms with Crippen LogP contribution < -0.4 is 0 Å². The van der Waals surface area contributed by atoms with Gasteiger partial charge in [-0.2, -0.15) is 0 Å². The van der Waals surface area contributed by atoms with E-state index in [9.17, 15) is 0 Å². The zero-order chi connectivity index (χ0) is 9.42. The molecule has 0 saturated carbocycles. The number of aryl methyl sites for hydroxylation is 2. The van der Waals surface area contributed by atoms with Gasteiger partial charge in [0.25, 0.3) is 0 Å². The summed E-state index contributed by atoms with van der Waals surface area (Å²) in [6.45, 7) is 1.95. The molecule has 0 spiro atoms. The molecule has 1 heterocycles. The molecule has 0 saturated heterocycles. The maximum absolute atomic E-state index is 4.45. The predicted molar refractivity (Wildman–Crippen MR) is 51.5 cm³/mol. The lowest BCUT2D eigenvalue weighted by atomic mass is 10.2. The van der Waals surface area contributed by atoms with Gasteiger partial charge in [0, 0.05) is 23.5 Å². The molecule has 2 rings (SSSR count). The minimum absolute atomic E-state index is 0.524. The van der Waals surface area contributed by atoms with Gasteiger partial charge in [-0.3, -0.25) is 0 Å². The third-order valence-electron chi connectivity index (χ3n) is 2.66. The third-order valence-corrected chi connectivity index (χ3v) is 2.66. The molecule has 1 atom stereocenters. The smallest absolute Gasteiger partial charge is 0.125 e. The van der Waals surface area contributed by atoms with Gasteiger partial charge in [0.15, 0.2) is 0 Å². The van der Waals surface area contributed by atoms with Crippen LogP contribution in [0.5, 0.6) is 0 Å². The number of rotatable bonds is 1. The van der Waals surface area contributed by atoms with E-state index in [0.29, 0.717) is 6.04 Å². The molecule has 0 amide bonds. The molecule has 1 aliphatic rings. The molecular weight excluding hydrogens is 162 g/mol. The van der Waals surface area contributed by atoms with Crippen molar-refractivity contribution in [2.45, 2.75) is 25.8 Å². The van der Waals surface area contributed by atoms with Crippen molar-refractivity contribution in [1.82, 2.24) is 14.9 Å². The Balaban J connectivity index is 2.38. The first kappa shape index (κ1) is 8.63. The maximum Gasteiger partial charge on any atom is 0.125 e. The number of aromatic nitrogens is 2. The van der Waals surface area contributed by atoms with Crippen LogP contribution in [-0.2, 0) is 6.42 Å². The molecule has 0 fully saturated rings. The standard InChI is InChI=1S/C10H15N3/c1-7-11-6-8-9(12-7)4-5-10(8)13(2)3/h6,10H,4-5H2,1-3H3. The molecule has 0 aliphatic heterocycles. The Labute approximate surface area is 78.8 Å². The summed E-state index contributed by atoms with van der Waals surface area (Å²) in [5.41, 5.74) is 2.56. The zero-order valence-electron chi connectivity index (χ0n) is 8.41. The Bertz CT molecular complexity index is 320. The summed E-state index contributed by atoms with van der Waals surface area (Å²) in [6.07, 6.45) is 4.26. The van der Waals surface area contributed by atoms with E-state index >= 15 is 0 Å². The number of fused-ring (bicyclic) bond motifs is 1. The van der Waals surface area contributed by atoms with E-state index in [1.54, 1.807) is 0 Å². The number of hydrogen-bond donors (Lipinski definition) is 0. The van der Waals surface area contributed by atoms with Crippen molar-refractivity contribution in [3.8, 4) is 0 Å². The second kappa shape index (κ2) is 3.07. The quantitative estimate of drug-likeness (QED) is 0.648. The van der Waals surface area contributed by atoms with E-state index in [2.05, 4.69) is 29.0 Å². The predicted octanol–water partition coefficient (Wildman–Crippen LogP) is 1.33. The summed E-state index contributed by atoms with van der Waals surface area (Å²) >= 11 is 0. The summed E-state index contributed by atoms with van der Waals surface area (Å²) in [7, 11) is 4.22. The molecular formula is C10H15N3. The van der Waals surface area contributed by atoms with E-state index in [-0.39, 0.29) is 0 Å². The summed E-state index contributed by atoms with van der Waals surface area (Å²) in [4.78, 5) is 10.9. The first-order valence-electron chi connectivity index (χ1n) is 4.67. The van der Waals surface area contributed by atoms with Gasteiger partial charge in [0.2, 0.25) is 0 Å². The normalized spacial score (nSPS) is 20.8.